The molecule has 1 fully saturated rings. The fourth-order valence-corrected chi connectivity index (χ4v) is 8.37. The van der Waals surface area contributed by atoms with Crippen molar-refractivity contribution >= 4 is 16.3 Å². The number of hydrogen-bond donors (Lipinski definition) is 0. The van der Waals surface area contributed by atoms with Crippen LogP contribution in [0.3, 0.4) is 0 Å². The van der Waals surface area contributed by atoms with Crippen molar-refractivity contribution in [3.8, 4) is 0 Å². The summed E-state index contributed by atoms with van der Waals surface area (Å²) in [6.45, 7) is 16.4. The second kappa shape index (κ2) is 5.19. The Morgan fingerprint density at radius 2 is 1.62 bits per heavy atom. The lowest BCUT2D eigenvalue weighted by Gasteiger charge is -2.42. The van der Waals surface area contributed by atoms with Gasteiger partial charge in [-0.3, -0.25) is 0 Å². The maximum atomic E-state index is 4.04. The highest BCUT2D eigenvalue weighted by Gasteiger charge is 2.35. The van der Waals surface area contributed by atoms with Gasteiger partial charge in [0.2, 0.25) is 0 Å². The Morgan fingerprint density at radius 3 is 2.00 bits per heavy atom. The summed E-state index contributed by atoms with van der Waals surface area (Å²) in [5.41, 5.74) is 2.26. The molecule has 1 aliphatic carbocycles. The van der Waals surface area contributed by atoms with Crippen molar-refractivity contribution in [2.75, 3.05) is 6.17 Å². The molecule has 0 aliphatic heterocycles. The highest BCUT2D eigenvalue weighted by atomic mass is 28.3. The molecule has 0 radical (unpaired) electrons. The van der Waals surface area contributed by atoms with Gasteiger partial charge in [-0.05, 0) is 19.0 Å². The van der Waals surface area contributed by atoms with E-state index in [1.807, 2.05) is 0 Å². The van der Waals surface area contributed by atoms with Crippen LogP contribution in [0.4, 0.5) is 0 Å². The zero-order valence-electron chi connectivity index (χ0n) is 11.8. The van der Waals surface area contributed by atoms with Gasteiger partial charge in [-0.15, -0.1) is 12.3 Å². The van der Waals surface area contributed by atoms with Gasteiger partial charge in [0.05, 0.1) is 8.07 Å². The van der Waals surface area contributed by atoms with Crippen molar-refractivity contribution in [1.29, 1.82) is 0 Å². The van der Waals surface area contributed by atoms with Gasteiger partial charge < -0.3 is 4.57 Å². The molecule has 94 valence electrons. The molecule has 0 saturated heterocycles. The lowest BCUT2D eigenvalue weighted by Crippen LogP contribution is -2.57. The van der Waals surface area contributed by atoms with Crippen LogP contribution in [0, 0.1) is 0 Å². The molecule has 0 spiro atoms. The smallest absolute Gasteiger partial charge is 0.119 e. The molecule has 0 bridgehead atoms. The maximum absolute atomic E-state index is 4.04. The fourth-order valence-electron chi connectivity index (χ4n) is 2.63. The van der Waals surface area contributed by atoms with E-state index in [9.17, 15) is 0 Å². The molecular formula is C13H29NSi2. The summed E-state index contributed by atoms with van der Waals surface area (Å²) in [5.74, 6) is 0. The first-order valence-corrected chi connectivity index (χ1v) is 13.4. The van der Waals surface area contributed by atoms with E-state index in [2.05, 4.69) is 49.6 Å². The first-order chi connectivity index (χ1) is 7.26. The summed E-state index contributed by atoms with van der Waals surface area (Å²) >= 11 is 0. The second-order valence-corrected chi connectivity index (χ2v) is 16.5. The molecule has 0 aromatic rings. The van der Waals surface area contributed by atoms with Gasteiger partial charge in [0, 0.05) is 6.04 Å². The monoisotopic (exact) mass is 255 g/mol. The van der Waals surface area contributed by atoms with Gasteiger partial charge in [-0.25, -0.2) is 0 Å². The predicted molar refractivity (Wildman–Crippen MR) is 80.0 cm³/mol. The molecule has 1 rings (SSSR count). The van der Waals surface area contributed by atoms with Gasteiger partial charge in [0.15, 0.2) is 0 Å². The topological polar surface area (TPSA) is 3.24 Å². The molecule has 0 atom stereocenters. The molecule has 16 heavy (non-hydrogen) atoms. The van der Waals surface area contributed by atoms with E-state index in [1.165, 1.54) is 31.9 Å². The zero-order chi connectivity index (χ0) is 12.4. The molecule has 0 unspecified atom stereocenters. The fraction of sp³-hybridized carbons (Fsp3) is 0.846. The third-order valence-electron chi connectivity index (χ3n) is 3.76. The summed E-state index contributed by atoms with van der Waals surface area (Å²) in [7, 11) is -2.35. The summed E-state index contributed by atoms with van der Waals surface area (Å²) in [6.07, 6.45) is 7.10. The Bertz CT molecular complexity index is 237. The third-order valence-corrected chi connectivity index (χ3v) is 8.58. The van der Waals surface area contributed by atoms with Gasteiger partial charge in [0.25, 0.3) is 0 Å². The van der Waals surface area contributed by atoms with Crippen LogP contribution in [-0.4, -0.2) is 33.1 Å². The Kier molecular flexibility index (Phi) is 4.61. The van der Waals surface area contributed by atoms with Crippen LogP contribution in [-0.2, 0) is 0 Å². The second-order valence-electron chi connectivity index (χ2n) is 6.93. The van der Waals surface area contributed by atoms with E-state index in [0.29, 0.717) is 0 Å². The Hall–Kier alpha value is 0.134. The van der Waals surface area contributed by atoms with Crippen LogP contribution in [0.5, 0.6) is 0 Å². The number of nitrogens with zero attached hydrogens (tertiary/aromatic N) is 1. The van der Waals surface area contributed by atoms with Gasteiger partial charge in [0.1, 0.15) is 8.24 Å². The first-order valence-electron chi connectivity index (χ1n) is 6.67. The molecule has 0 N–H and O–H groups in total. The van der Waals surface area contributed by atoms with Crippen LogP contribution in [0.2, 0.25) is 32.7 Å². The molecule has 0 aromatic carbocycles. The van der Waals surface area contributed by atoms with Crippen molar-refractivity contribution < 1.29 is 0 Å². The lowest BCUT2D eigenvalue weighted by molar-refractivity contribution is 0.356. The average molecular weight is 256 g/mol. The highest BCUT2D eigenvalue weighted by molar-refractivity contribution is 6.84. The molecule has 1 saturated carbocycles. The van der Waals surface area contributed by atoms with E-state index < -0.39 is 16.3 Å². The summed E-state index contributed by atoms with van der Waals surface area (Å²) in [5, 5.41) is 0. The molecular weight excluding hydrogens is 226 g/mol. The van der Waals surface area contributed by atoms with Gasteiger partial charge >= 0.3 is 0 Å². The van der Waals surface area contributed by atoms with Crippen LogP contribution in [0.15, 0.2) is 12.3 Å². The molecule has 3 heteroatoms. The minimum absolute atomic E-state index is 0.887. The van der Waals surface area contributed by atoms with Crippen LogP contribution in [0.25, 0.3) is 0 Å². The minimum atomic E-state index is -1.19. The SMILES string of the molecule is C=C[Si](C)(C)CN(C1CCCC1)[Si](C)(C)C. The summed E-state index contributed by atoms with van der Waals surface area (Å²) in [4.78, 5) is 0. The lowest BCUT2D eigenvalue weighted by atomic mass is 10.3. The average Bonchev–Trinajstić information content (AvgIpc) is 2.65. The van der Waals surface area contributed by atoms with Crippen molar-refractivity contribution in [2.24, 2.45) is 0 Å². The third kappa shape index (κ3) is 3.86. The highest BCUT2D eigenvalue weighted by Crippen LogP contribution is 2.28. The standard InChI is InChI=1S/C13H29NSi2/c1-7-16(5,6)12-14(15(2,3)4)13-10-8-9-11-13/h7,13H,1,8-12H2,2-6H3. The Balaban J connectivity index is 2.75. The van der Waals surface area contributed by atoms with Crippen LogP contribution < -0.4 is 0 Å². The van der Waals surface area contributed by atoms with Gasteiger partial charge in [-0.1, -0.05) is 45.6 Å². The van der Waals surface area contributed by atoms with Crippen molar-refractivity contribution in [1.82, 2.24) is 4.57 Å². The van der Waals surface area contributed by atoms with E-state index in [0.717, 1.165) is 6.04 Å². The van der Waals surface area contributed by atoms with E-state index in [-0.39, 0.29) is 0 Å². The largest absolute Gasteiger partial charge is 0.323 e. The first kappa shape index (κ1) is 14.2. The van der Waals surface area contributed by atoms with Crippen molar-refractivity contribution in [3.05, 3.63) is 12.3 Å². The summed E-state index contributed by atoms with van der Waals surface area (Å²) in [6, 6.07) is 0.887. The predicted octanol–water partition coefficient (Wildman–Crippen LogP) is 4.04. The molecule has 0 aromatic heterocycles. The quantitative estimate of drug-likeness (QED) is 0.670. The van der Waals surface area contributed by atoms with E-state index in [1.54, 1.807) is 0 Å². The van der Waals surface area contributed by atoms with E-state index in [4.69, 9.17) is 0 Å². The van der Waals surface area contributed by atoms with E-state index >= 15 is 0 Å². The molecule has 1 aliphatic rings. The summed E-state index contributed by atoms with van der Waals surface area (Å²) < 4.78 is 2.90. The van der Waals surface area contributed by atoms with Crippen LogP contribution >= 0.6 is 0 Å². The normalized spacial score (nSPS) is 19.4. The number of rotatable bonds is 5. The van der Waals surface area contributed by atoms with Gasteiger partial charge in [-0.2, -0.15) is 0 Å². The number of hydrogen-bond acceptors (Lipinski definition) is 1. The van der Waals surface area contributed by atoms with Crippen molar-refractivity contribution in [2.45, 2.75) is 64.5 Å². The minimum Gasteiger partial charge on any atom is -0.323 e. The zero-order valence-corrected chi connectivity index (χ0v) is 13.8. The Morgan fingerprint density at radius 1 is 1.12 bits per heavy atom. The molecule has 0 heterocycles. The van der Waals surface area contributed by atoms with Crippen molar-refractivity contribution in [3.63, 3.8) is 0 Å². The van der Waals surface area contributed by atoms with Crippen LogP contribution in [0.1, 0.15) is 25.7 Å². The molecule has 0 amide bonds. The Labute approximate surface area is 104 Å². The molecule has 1 nitrogen and oxygen atoms in total. The maximum Gasteiger partial charge on any atom is 0.119 e.